The highest BCUT2D eigenvalue weighted by molar-refractivity contribution is 6.35. The summed E-state index contributed by atoms with van der Waals surface area (Å²) in [7, 11) is 0. The maximum absolute atomic E-state index is 6.20. The molecule has 104 valence electrons. The zero-order valence-electron chi connectivity index (χ0n) is 11.1. The Kier molecular flexibility index (Phi) is 3.77. The van der Waals surface area contributed by atoms with Crippen LogP contribution in [-0.4, -0.2) is 6.61 Å². The number of rotatable bonds is 2. The van der Waals surface area contributed by atoms with Gasteiger partial charge in [-0.25, -0.2) is 0 Å². The number of nitrogens with one attached hydrogen (secondary N) is 1. The summed E-state index contributed by atoms with van der Waals surface area (Å²) in [5.74, 6) is 0.743. The third-order valence-corrected chi connectivity index (χ3v) is 3.96. The van der Waals surface area contributed by atoms with E-state index in [9.17, 15) is 0 Å². The topological polar surface area (TPSA) is 21.3 Å². The van der Waals surface area contributed by atoms with Crippen LogP contribution in [0.4, 0.5) is 5.69 Å². The number of anilines is 1. The predicted octanol–water partition coefficient (Wildman–Crippen LogP) is 5.24. The normalized spacial score (nSPS) is 17.2. The fraction of sp³-hybridized carbons (Fsp3) is 0.250. The van der Waals surface area contributed by atoms with E-state index in [4.69, 9.17) is 27.9 Å². The fourth-order valence-corrected chi connectivity index (χ4v) is 2.99. The molecule has 0 amide bonds. The second kappa shape index (κ2) is 5.55. The van der Waals surface area contributed by atoms with E-state index in [1.807, 2.05) is 6.07 Å². The Morgan fingerprint density at radius 3 is 2.65 bits per heavy atom. The van der Waals surface area contributed by atoms with Gasteiger partial charge < -0.3 is 10.1 Å². The number of halogens is 2. The first-order valence-corrected chi connectivity index (χ1v) is 7.34. The minimum absolute atomic E-state index is 0.164. The lowest BCUT2D eigenvalue weighted by Crippen LogP contribution is -2.20. The lowest BCUT2D eigenvalue weighted by Gasteiger charge is -2.28. The molecular weight excluding hydrogens is 293 g/mol. The van der Waals surface area contributed by atoms with E-state index in [0.717, 1.165) is 23.4 Å². The zero-order valence-corrected chi connectivity index (χ0v) is 12.6. The molecule has 1 atom stereocenters. The molecule has 4 heteroatoms. The van der Waals surface area contributed by atoms with E-state index in [0.29, 0.717) is 16.7 Å². The van der Waals surface area contributed by atoms with Crippen molar-refractivity contribution in [1.82, 2.24) is 0 Å². The van der Waals surface area contributed by atoms with Gasteiger partial charge in [0.1, 0.15) is 5.75 Å². The van der Waals surface area contributed by atoms with Crippen LogP contribution in [0.1, 0.15) is 23.6 Å². The Morgan fingerprint density at radius 2 is 1.90 bits per heavy atom. The van der Waals surface area contributed by atoms with Gasteiger partial charge in [0.15, 0.2) is 0 Å². The molecule has 0 saturated carbocycles. The number of benzene rings is 2. The van der Waals surface area contributed by atoms with Crippen molar-refractivity contribution in [3.8, 4) is 5.75 Å². The number of aryl methyl sites for hydroxylation is 1. The Labute approximate surface area is 128 Å². The van der Waals surface area contributed by atoms with Gasteiger partial charge in [0, 0.05) is 22.7 Å². The van der Waals surface area contributed by atoms with Gasteiger partial charge in [-0.15, -0.1) is 0 Å². The van der Waals surface area contributed by atoms with Gasteiger partial charge in [-0.05, 0) is 31.2 Å². The predicted molar refractivity (Wildman–Crippen MR) is 84.1 cm³/mol. The molecule has 2 aromatic rings. The Balaban J connectivity index is 1.91. The number of ether oxygens (including phenoxy) is 1. The van der Waals surface area contributed by atoms with Crippen LogP contribution in [0.2, 0.25) is 10.0 Å². The highest BCUT2D eigenvalue weighted by Gasteiger charge is 2.24. The second-order valence-electron chi connectivity index (χ2n) is 5.01. The Bertz CT molecular complexity index is 625. The molecule has 0 radical (unpaired) electrons. The number of hydrogen-bond acceptors (Lipinski definition) is 2. The molecule has 0 bridgehead atoms. The van der Waals surface area contributed by atoms with E-state index >= 15 is 0 Å². The first kappa shape index (κ1) is 13.6. The number of fused-ring (bicyclic) bond motifs is 1. The van der Waals surface area contributed by atoms with Crippen molar-refractivity contribution in [3.63, 3.8) is 0 Å². The third kappa shape index (κ3) is 2.72. The molecule has 1 unspecified atom stereocenters. The van der Waals surface area contributed by atoms with Crippen molar-refractivity contribution in [2.24, 2.45) is 0 Å². The average molecular weight is 308 g/mol. The van der Waals surface area contributed by atoms with Crippen molar-refractivity contribution in [1.29, 1.82) is 0 Å². The van der Waals surface area contributed by atoms with Crippen LogP contribution in [0.5, 0.6) is 5.75 Å². The minimum Gasteiger partial charge on any atom is -0.492 e. The van der Waals surface area contributed by atoms with Crippen molar-refractivity contribution < 1.29 is 4.74 Å². The van der Waals surface area contributed by atoms with Gasteiger partial charge in [-0.2, -0.15) is 0 Å². The highest BCUT2D eigenvalue weighted by atomic mass is 35.5. The Morgan fingerprint density at radius 1 is 1.15 bits per heavy atom. The smallest absolute Gasteiger partial charge is 0.143 e. The summed E-state index contributed by atoms with van der Waals surface area (Å²) in [4.78, 5) is 0. The van der Waals surface area contributed by atoms with Gasteiger partial charge in [0.05, 0.1) is 17.7 Å². The summed E-state index contributed by atoms with van der Waals surface area (Å²) in [6.45, 7) is 2.73. The maximum atomic E-state index is 6.20. The molecule has 2 aromatic carbocycles. The molecule has 0 fully saturated rings. The second-order valence-corrected chi connectivity index (χ2v) is 5.85. The quantitative estimate of drug-likeness (QED) is 0.819. The molecular formula is C16H15Cl2NO. The zero-order chi connectivity index (χ0) is 14.1. The van der Waals surface area contributed by atoms with Crippen molar-refractivity contribution in [3.05, 3.63) is 57.6 Å². The molecule has 0 spiro atoms. The molecule has 1 aliphatic heterocycles. The molecule has 0 aromatic heterocycles. The third-order valence-electron chi connectivity index (χ3n) is 3.46. The Hall–Kier alpha value is -1.38. The summed E-state index contributed by atoms with van der Waals surface area (Å²) >= 11 is 12.3. The van der Waals surface area contributed by atoms with Gasteiger partial charge in [-0.3, -0.25) is 0 Å². The lowest BCUT2D eigenvalue weighted by molar-refractivity contribution is 0.274. The SMILES string of the molecule is Cc1ccc(NC2CCOc3c(Cl)cc(Cl)cc32)cc1. The van der Waals surface area contributed by atoms with E-state index < -0.39 is 0 Å². The van der Waals surface area contributed by atoms with Gasteiger partial charge >= 0.3 is 0 Å². The van der Waals surface area contributed by atoms with Crippen molar-refractivity contribution in [2.75, 3.05) is 11.9 Å². The summed E-state index contributed by atoms with van der Waals surface area (Å²) in [6, 6.07) is 12.1. The van der Waals surface area contributed by atoms with E-state index in [1.165, 1.54) is 5.56 Å². The van der Waals surface area contributed by atoms with Crippen molar-refractivity contribution in [2.45, 2.75) is 19.4 Å². The summed E-state index contributed by atoms with van der Waals surface area (Å²) in [5.41, 5.74) is 3.35. The molecule has 2 nitrogen and oxygen atoms in total. The lowest BCUT2D eigenvalue weighted by atomic mass is 10.00. The van der Waals surface area contributed by atoms with Crippen LogP contribution in [0, 0.1) is 6.92 Å². The van der Waals surface area contributed by atoms with Crippen LogP contribution in [0.15, 0.2) is 36.4 Å². The van der Waals surface area contributed by atoms with E-state index in [-0.39, 0.29) is 6.04 Å². The van der Waals surface area contributed by atoms with Gasteiger partial charge in [0.25, 0.3) is 0 Å². The van der Waals surface area contributed by atoms with Gasteiger partial charge in [0.2, 0.25) is 0 Å². The summed E-state index contributed by atoms with van der Waals surface area (Å²) < 4.78 is 5.67. The highest BCUT2D eigenvalue weighted by Crippen LogP contribution is 2.41. The van der Waals surface area contributed by atoms with Crippen LogP contribution in [0.25, 0.3) is 0 Å². The molecule has 0 aliphatic carbocycles. The van der Waals surface area contributed by atoms with E-state index in [1.54, 1.807) is 6.07 Å². The van der Waals surface area contributed by atoms with Crippen LogP contribution in [-0.2, 0) is 0 Å². The standard InChI is InChI=1S/C16H15Cl2NO/c1-10-2-4-12(5-3-10)19-15-6-7-20-16-13(15)8-11(17)9-14(16)18/h2-5,8-9,15,19H,6-7H2,1H3. The molecule has 3 rings (SSSR count). The molecule has 1 heterocycles. The molecule has 20 heavy (non-hydrogen) atoms. The van der Waals surface area contributed by atoms with E-state index in [2.05, 4.69) is 36.5 Å². The first-order valence-electron chi connectivity index (χ1n) is 6.58. The molecule has 1 aliphatic rings. The summed E-state index contributed by atoms with van der Waals surface area (Å²) in [6.07, 6.45) is 0.886. The van der Waals surface area contributed by atoms with Crippen LogP contribution < -0.4 is 10.1 Å². The molecule has 0 saturated heterocycles. The van der Waals surface area contributed by atoms with Gasteiger partial charge in [-0.1, -0.05) is 40.9 Å². The number of hydrogen-bond donors (Lipinski definition) is 1. The largest absolute Gasteiger partial charge is 0.492 e. The minimum atomic E-state index is 0.164. The monoisotopic (exact) mass is 307 g/mol. The van der Waals surface area contributed by atoms with Crippen LogP contribution in [0.3, 0.4) is 0 Å². The fourth-order valence-electron chi connectivity index (χ4n) is 2.43. The molecule has 1 N–H and O–H groups in total. The maximum Gasteiger partial charge on any atom is 0.143 e. The van der Waals surface area contributed by atoms with Crippen molar-refractivity contribution >= 4 is 28.9 Å². The first-order chi connectivity index (χ1) is 9.63. The average Bonchev–Trinajstić information content (AvgIpc) is 2.42. The summed E-state index contributed by atoms with van der Waals surface area (Å²) in [5, 5.41) is 4.73. The van der Waals surface area contributed by atoms with Crippen LogP contribution >= 0.6 is 23.2 Å².